The number of aliphatic hydroxyl groups excluding tert-OH is 3. The Hall–Kier alpha value is 0.594. The van der Waals surface area contributed by atoms with E-state index < -0.39 is 0 Å². The fraction of sp³-hybridized carbons (Fsp3) is 1.00. The first-order valence-electron chi connectivity index (χ1n) is 2.76. The van der Waals surface area contributed by atoms with Gasteiger partial charge in [-0.3, -0.25) is 0 Å². The van der Waals surface area contributed by atoms with E-state index in [9.17, 15) is 0 Å². The zero-order chi connectivity index (χ0) is 8.71. The van der Waals surface area contributed by atoms with Crippen LogP contribution in [0.15, 0.2) is 0 Å². The van der Waals surface area contributed by atoms with Crippen LogP contribution in [0, 0.1) is 0 Å². The summed E-state index contributed by atoms with van der Waals surface area (Å²) < 4.78 is 0. The van der Waals surface area contributed by atoms with E-state index in [1.165, 1.54) is 6.42 Å². The van der Waals surface area contributed by atoms with Crippen molar-refractivity contribution in [3.63, 3.8) is 0 Å². The number of aliphatic hydroxyl groups is 3. The van der Waals surface area contributed by atoms with Crippen molar-refractivity contribution >= 4 is 0 Å². The molecule has 0 aromatic heterocycles. The van der Waals surface area contributed by atoms with Crippen LogP contribution in [0.2, 0.25) is 0 Å². The fourth-order valence-corrected chi connectivity index (χ4v) is 0. The van der Waals surface area contributed by atoms with Crippen molar-refractivity contribution in [2.75, 3.05) is 21.3 Å². The van der Waals surface area contributed by atoms with Crippen LogP contribution in [-0.2, 0) is 21.7 Å². The van der Waals surface area contributed by atoms with E-state index in [1.807, 2.05) is 0 Å². The van der Waals surface area contributed by atoms with Gasteiger partial charge in [0.15, 0.2) is 0 Å². The molecule has 0 aromatic rings. The molecule has 0 radical (unpaired) electrons. The zero-order valence-corrected chi connectivity index (χ0v) is 9.11. The Morgan fingerprint density at radius 3 is 0.700 bits per heavy atom. The maximum atomic E-state index is 7.00. The van der Waals surface area contributed by atoms with Crippen LogP contribution in [0.25, 0.3) is 0 Å². The molecule has 0 aromatic carbocycles. The molecule has 0 aliphatic rings. The summed E-state index contributed by atoms with van der Waals surface area (Å²) >= 11 is 0. The van der Waals surface area contributed by atoms with Crippen LogP contribution in [0.5, 0.6) is 0 Å². The van der Waals surface area contributed by atoms with Crippen LogP contribution < -0.4 is 0 Å². The largest absolute Gasteiger partial charge is 0.400 e. The Bertz CT molecular complexity index is 13.0. The van der Waals surface area contributed by atoms with Crippen molar-refractivity contribution in [2.45, 2.75) is 20.3 Å². The van der Waals surface area contributed by atoms with Crippen LogP contribution >= 0.6 is 0 Å². The normalized spacial score (nSPS) is 3.60. The Morgan fingerprint density at radius 1 is 0.700 bits per heavy atom. The first-order chi connectivity index (χ1) is 4.41. The molecule has 3 N–H and O–H groups in total. The van der Waals surface area contributed by atoms with Crippen LogP contribution in [-0.4, -0.2) is 36.6 Å². The van der Waals surface area contributed by atoms with Gasteiger partial charge in [0.05, 0.1) is 0 Å². The van der Waals surface area contributed by atoms with Gasteiger partial charge in [0.1, 0.15) is 0 Å². The molecule has 66 valence electrons. The van der Waals surface area contributed by atoms with Gasteiger partial charge in [0, 0.05) is 43.0 Å². The second kappa shape index (κ2) is 279. The summed E-state index contributed by atoms with van der Waals surface area (Å²) in [5.41, 5.74) is 0. The molecule has 0 fully saturated rings. The van der Waals surface area contributed by atoms with E-state index >= 15 is 0 Å². The summed E-state index contributed by atoms with van der Waals surface area (Å²) in [5.74, 6) is 0. The van der Waals surface area contributed by atoms with Gasteiger partial charge in [0.2, 0.25) is 0 Å². The van der Waals surface area contributed by atoms with Crippen molar-refractivity contribution in [1.29, 1.82) is 0 Å². The van der Waals surface area contributed by atoms with Crippen molar-refractivity contribution in [2.24, 2.45) is 0 Å². The van der Waals surface area contributed by atoms with Gasteiger partial charge in [-0.05, 0) is 0 Å². The van der Waals surface area contributed by atoms with Gasteiger partial charge in [-0.25, -0.2) is 0 Å². The SMILES string of the molecule is CCC.CO.CO.CO.[Ti]. The molecule has 0 spiro atoms. The maximum Gasteiger partial charge on any atom is 0.0319 e. The minimum absolute atomic E-state index is 0. The summed E-state index contributed by atoms with van der Waals surface area (Å²) in [7, 11) is 3.00. The molecule has 0 saturated heterocycles. The second-order valence-corrected chi connectivity index (χ2v) is 0.707. The molecule has 0 rings (SSSR count). The van der Waals surface area contributed by atoms with E-state index in [0.717, 1.165) is 21.3 Å². The van der Waals surface area contributed by atoms with Gasteiger partial charge in [-0.15, -0.1) is 0 Å². The third-order valence-electron chi connectivity index (χ3n) is 0. The summed E-state index contributed by atoms with van der Waals surface area (Å²) in [6.07, 6.45) is 1.25. The third-order valence-corrected chi connectivity index (χ3v) is 0. The Morgan fingerprint density at radius 2 is 0.700 bits per heavy atom. The fourth-order valence-electron chi connectivity index (χ4n) is 0. The molecule has 0 atom stereocenters. The minimum Gasteiger partial charge on any atom is -0.400 e. The van der Waals surface area contributed by atoms with Crippen LogP contribution in [0.1, 0.15) is 20.3 Å². The quantitative estimate of drug-likeness (QED) is 0.477. The monoisotopic (exact) mass is 188 g/mol. The molecule has 0 amide bonds. The number of rotatable bonds is 0. The summed E-state index contributed by atoms with van der Waals surface area (Å²) in [5, 5.41) is 21.0. The zero-order valence-electron chi connectivity index (χ0n) is 7.55. The Balaban J connectivity index is -0.0000000110. The Kier molecular flexibility index (Phi) is 869. The predicted molar refractivity (Wildman–Crippen MR) is 40.4 cm³/mol. The molecular formula is C6H20O3Ti. The topological polar surface area (TPSA) is 60.7 Å². The molecule has 4 heteroatoms. The van der Waals surface area contributed by atoms with E-state index in [0.29, 0.717) is 0 Å². The second-order valence-electron chi connectivity index (χ2n) is 0.707. The average molecular weight is 188 g/mol. The van der Waals surface area contributed by atoms with Crippen molar-refractivity contribution in [3.8, 4) is 0 Å². The first-order valence-corrected chi connectivity index (χ1v) is 2.76. The molecule has 3 nitrogen and oxygen atoms in total. The molecule has 10 heavy (non-hydrogen) atoms. The van der Waals surface area contributed by atoms with E-state index in [1.54, 1.807) is 0 Å². The van der Waals surface area contributed by atoms with Crippen LogP contribution in [0.4, 0.5) is 0 Å². The van der Waals surface area contributed by atoms with Gasteiger partial charge >= 0.3 is 0 Å². The maximum absolute atomic E-state index is 7.00. The first kappa shape index (κ1) is 31.2. The predicted octanol–water partition coefficient (Wildman–Crippen LogP) is 0.239. The smallest absolute Gasteiger partial charge is 0.0319 e. The van der Waals surface area contributed by atoms with E-state index in [-0.39, 0.29) is 21.7 Å². The van der Waals surface area contributed by atoms with E-state index in [2.05, 4.69) is 13.8 Å². The number of hydrogen-bond donors (Lipinski definition) is 3. The van der Waals surface area contributed by atoms with Gasteiger partial charge in [0.25, 0.3) is 0 Å². The van der Waals surface area contributed by atoms with E-state index in [4.69, 9.17) is 15.3 Å². The summed E-state index contributed by atoms with van der Waals surface area (Å²) in [4.78, 5) is 0. The molecule has 0 bridgehead atoms. The summed E-state index contributed by atoms with van der Waals surface area (Å²) in [6, 6.07) is 0. The molecule has 0 aliphatic heterocycles. The number of hydrogen-bond acceptors (Lipinski definition) is 3. The van der Waals surface area contributed by atoms with Crippen molar-refractivity contribution in [1.82, 2.24) is 0 Å². The molecule has 0 heterocycles. The molecular weight excluding hydrogens is 168 g/mol. The third kappa shape index (κ3) is 1400. The summed E-state index contributed by atoms with van der Waals surface area (Å²) in [6.45, 7) is 4.25. The minimum atomic E-state index is 0. The average Bonchev–Trinajstić information content (AvgIpc) is 2.01. The molecule has 0 aliphatic carbocycles. The molecule has 0 saturated carbocycles. The van der Waals surface area contributed by atoms with Gasteiger partial charge < -0.3 is 15.3 Å². The van der Waals surface area contributed by atoms with Crippen LogP contribution in [0.3, 0.4) is 0 Å². The molecule has 0 unspecified atom stereocenters. The van der Waals surface area contributed by atoms with Crippen molar-refractivity contribution < 1.29 is 37.0 Å². The van der Waals surface area contributed by atoms with Gasteiger partial charge in [-0.2, -0.15) is 0 Å². The van der Waals surface area contributed by atoms with Crippen molar-refractivity contribution in [3.05, 3.63) is 0 Å². The van der Waals surface area contributed by atoms with Gasteiger partial charge in [-0.1, -0.05) is 20.3 Å². The standard InChI is InChI=1S/C3H8.3CH4O.Ti/c1-3-2;3*1-2;/h3H2,1-2H3;3*2H,1H3;. The Labute approximate surface area is 79.0 Å².